The Bertz CT molecular complexity index is 406. The molecule has 2 rings (SSSR count). The summed E-state index contributed by atoms with van der Waals surface area (Å²) in [6.07, 6.45) is 4.22. The highest BCUT2D eigenvalue weighted by Crippen LogP contribution is 2.30. The predicted molar refractivity (Wildman–Crippen MR) is 77.0 cm³/mol. The second-order valence-electron chi connectivity index (χ2n) is 5.71. The lowest BCUT2D eigenvalue weighted by atomic mass is 9.92. The fourth-order valence-electron chi connectivity index (χ4n) is 2.85. The molecule has 1 aliphatic heterocycles. The number of rotatable bonds is 4. The molecule has 2 unspecified atom stereocenters. The summed E-state index contributed by atoms with van der Waals surface area (Å²) < 4.78 is 5.66. The van der Waals surface area contributed by atoms with E-state index in [1.54, 1.807) is 7.11 Å². The van der Waals surface area contributed by atoms with Crippen molar-refractivity contribution >= 4 is 0 Å². The van der Waals surface area contributed by atoms with Gasteiger partial charge in [-0.15, -0.1) is 0 Å². The van der Waals surface area contributed by atoms with E-state index in [0.29, 0.717) is 6.54 Å². The number of aryl methyl sites for hydroxylation is 1. The Labute approximate surface area is 116 Å². The van der Waals surface area contributed by atoms with Gasteiger partial charge in [0, 0.05) is 38.1 Å². The van der Waals surface area contributed by atoms with Crippen LogP contribution in [0, 0.1) is 6.92 Å². The monoisotopic (exact) mass is 263 g/mol. The zero-order chi connectivity index (χ0) is 13.9. The molecule has 0 aliphatic carbocycles. The molecule has 1 aromatic heterocycles. The summed E-state index contributed by atoms with van der Waals surface area (Å²) in [6.45, 7) is 6.81. The lowest BCUT2D eigenvalue weighted by molar-refractivity contribution is -0.0608. The number of methoxy groups -OCH3 is 1. The van der Waals surface area contributed by atoms with Gasteiger partial charge in [0.25, 0.3) is 0 Å². The van der Waals surface area contributed by atoms with Crippen LogP contribution in [-0.2, 0) is 4.74 Å². The van der Waals surface area contributed by atoms with E-state index in [0.717, 1.165) is 31.6 Å². The van der Waals surface area contributed by atoms with Crippen LogP contribution < -0.4 is 5.73 Å². The van der Waals surface area contributed by atoms with Crippen molar-refractivity contribution in [2.75, 3.05) is 26.7 Å². The van der Waals surface area contributed by atoms with Gasteiger partial charge in [-0.1, -0.05) is 6.07 Å². The minimum atomic E-state index is -0.0518. The van der Waals surface area contributed by atoms with Gasteiger partial charge >= 0.3 is 0 Å². The summed E-state index contributed by atoms with van der Waals surface area (Å²) in [6, 6.07) is 4.43. The molecule has 4 nitrogen and oxygen atoms in total. The summed E-state index contributed by atoms with van der Waals surface area (Å²) in [5, 5.41) is 0. The third-order valence-corrected chi connectivity index (χ3v) is 4.16. The Balaban J connectivity index is 2.15. The molecule has 1 fully saturated rings. The summed E-state index contributed by atoms with van der Waals surface area (Å²) >= 11 is 0. The molecule has 2 atom stereocenters. The molecule has 0 radical (unpaired) electrons. The number of piperidine rings is 1. The van der Waals surface area contributed by atoms with E-state index >= 15 is 0 Å². The van der Waals surface area contributed by atoms with Gasteiger partial charge < -0.3 is 10.5 Å². The van der Waals surface area contributed by atoms with Crippen LogP contribution in [0.25, 0.3) is 0 Å². The summed E-state index contributed by atoms with van der Waals surface area (Å²) in [5.41, 5.74) is 8.19. The molecule has 4 heteroatoms. The molecule has 19 heavy (non-hydrogen) atoms. The molecule has 1 aliphatic rings. The Morgan fingerprint density at radius 3 is 2.89 bits per heavy atom. The predicted octanol–water partition coefficient (Wildman–Crippen LogP) is 1.89. The van der Waals surface area contributed by atoms with E-state index in [-0.39, 0.29) is 11.6 Å². The van der Waals surface area contributed by atoms with Gasteiger partial charge in [-0.2, -0.15) is 0 Å². The van der Waals surface area contributed by atoms with Gasteiger partial charge in [0.05, 0.1) is 5.60 Å². The van der Waals surface area contributed by atoms with Crippen LogP contribution >= 0.6 is 0 Å². The number of pyridine rings is 1. The molecule has 2 heterocycles. The van der Waals surface area contributed by atoms with Crippen molar-refractivity contribution in [2.24, 2.45) is 5.73 Å². The SMILES string of the molecule is COC1(C)CCCN(C(CN)c2ccc(C)nc2)C1. The number of hydrogen-bond donors (Lipinski definition) is 1. The molecular formula is C15H25N3O. The number of nitrogens with zero attached hydrogens (tertiary/aromatic N) is 2. The van der Waals surface area contributed by atoms with Crippen molar-refractivity contribution in [2.45, 2.75) is 38.3 Å². The van der Waals surface area contributed by atoms with Gasteiger partial charge in [-0.3, -0.25) is 9.88 Å². The first kappa shape index (κ1) is 14.4. The maximum absolute atomic E-state index is 5.99. The van der Waals surface area contributed by atoms with E-state index in [1.807, 2.05) is 13.1 Å². The summed E-state index contributed by atoms with van der Waals surface area (Å²) in [4.78, 5) is 6.82. The number of nitrogens with two attached hydrogens (primary N) is 1. The normalized spacial score (nSPS) is 26.3. The standard InChI is InChI=1S/C15H25N3O/c1-12-5-6-13(10-17-12)14(9-16)18-8-4-7-15(2,11-18)19-3/h5-6,10,14H,4,7-9,11,16H2,1-3H3. The van der Waals surface area contributed by atoms with Gasteiger partial charge in [0.2, 0.25) is 0 Å². The third-order valence-electron chi connectivity index (χ3n) is 4.16. The van der Waals surface area contributed by atoms with Crippen molar-refractivity contribution < 1.29 is 4.74 Å². The van der Waals surface area contributed by atoms with Crippen molar-refractivity contribution in [3.05, 3.63) is 29.6 Å². The molecule has 2 N–H and O–H groups in total. The fourth-order valence-corrected chi connectivity index (χ4v) is 2.85. The summed E-state index contributed by atoms with van der Waals surface area (Å²) in [5.74, 6) is 0. The van der Waals surface area contributed by atoms with E-state index in [4.69, 9.17) is 10.5 Å². The van der Waals surface area contributed by atoms with Crippen molar-refractivity contribution in [3.63, 3.8) is 0 Å². The fraction of sp³-hybridized carbons (Fsp3) is 0.667. The van der Waals surface area contributed by atoms with Gasteiger partial charge in [0.15, 0.2) is 0 Å². The molecular weight excluding hydrogens is 238 g/mol. The van der Waals surface area contributed by atoms with E-state index < -0.39 is 0 Å². The Hall–Kier alpha value is -0.970. The number of aromatic nitrogens is 1. The highest BCUT2D eigenvalue weighted by atomic mass is 16.5. The minimum absolute atomic E-state index is 0.0518. The zero-order valence-electron chi connectivity index (χ0n) is 12.2. The lowest BCUT2D eigenvalue weighted by Crippen LogP contribution is -2.49. The van der Waals surface area contributed by atoms with Gasteiger partial charge in [-0.05, 0) is 44.9 Å². The molecule has 1 saturated heterocycles. The number of likely N-dealkylation sites (tertiary alicyclic amines) is 1. The van der Waals surface area contributed by atoms with Gasteiger partial charge in [-0.25, -0.2) is 0 Å². The molecule has 0 spiro atoms. The highest BCUT2D eigenvalue weighted by Gasteiger charge is 2.34. The number of ether oxygens (including phenoxy) is 1. The molecule has 0 bridgehead atoms. The van der Waals surface area contributed by atoms with Crippen LogP contribution in [0.5, 0.6) is 0 Å². The van der Waals surface area contributed by atoms with Crippen LogP contribution in [0.15, 0.2) is 18.3 Å². The minimum Gasteiger partial charge on any atom is -0.377 e. The van der Waals surface area contributed by atoms with E-state index in [2.05, 4.69) is 28.9 Å². The van der Waals surface area contributed by atoms with Crippen LogP contribution in [0.2, 0.25) is 0 Å². The Kier molecular flexibility index (Phi) is 4.55. The topological polar surface area (TPSA) is 51.4 Å². The molecule has 0 amide bonds. The maximum Gasteiger partial charge on any atom is 0.0777 e. The Morgan fingerprint density at radius 2 is 2.32 bits per heavy atom. The molecule has 0 saturated carbocycles. The lowest BCUT2D eigenvalue weighted by Gasteiger charge is -2.43. The molecule has 1 aromatic rings. The Morgan fingerprint density at radius 1 is 1.53 bits per heavy atom. The second-order valence-corrected chi connectivity index (χ2v) is 5.71. The first-order chi connectivity index (χ1) is 9.08. The molecule has 0 aromatic carbocycles. The largest absolute Gasteiger partial charge is 0.377 e. The van der Waals surface area contributed by atoms with Crippen LogP contribution in [0.4, 0.5) is 0 Å². The third kappa shape index (κ3) is 3.32. The van der Waals surface area contributed by atoms with Gasteiger partial charge in [0.1, 0.15) is 0 Å². The number of hydrogen-bond acceptors (Lipinski definition) is 4. The van der Waals surface area contributed by atoms with E-state index in [1.165, 1.54) is 5.56 Å². The summed E-state index contributed by atoms with van der Waals surface area (Å²) in [7, 11) is 1.80. The first-order valence-corrected chi connectivity index (χ1v) is 7.00. The average molecular weight is 263 g/mol. The highest BCUT2D eigenvalue weighted by molar-refractivity contribution is 5.18. The second kappa shape index (κ2) is 5.99. The molecule has 106 valence electrons. The smallest absolute Gasteiger partial charge is 0.0777 e. The van der Waals surface area contributed by atoms with Crippen molar-refractivity contribution in [1.29, 1.82) is 0 Å². The maximum atomic E-state index is 5.99. The van der Waals surface area contributed by atoms with Crippen LogP contribution in [0.1, 0.15) is 37.1 Å². The van der Waals surface area contributed by atoms with Crippen LogP contribution in [0.3, 0.4) is 0 Å². The van der Waals surface area contributed by atoms with Crippen molar-refractivity contribution in [1.82, 2.24) is 9.88 Å². The quantitative estimate of drug-likeness (QED) is 0.901. The van der Waals surface area contributed by atoms with Crippen molar-refractivity contribution in [3.8, 4) is 0 Å². The van der Waals surface area contributed by atoms with Crippen LogP contribution in [-0.4, -0.2) is 42.2 Å². The van der Waals surface area contributed by atoms with E-state index in [9.17, 15) is 0 Å². The average Bonchev–Trinajstić information content (AvgIpc) is 2.42. The zero-order valence-corrected chi connectivity index (χ0v) is 12.2. The first-order valence-electron chi connectivity index (χ1n) is 7.00.